The van der Waals surface area contributed by atoms with Crippen LogP contribution in [0.5, 0.6) is 0 Å². The molecule has 1 aliphatic heterocycles. The zero-order valence-electron chi connectivity index (χ0n) is 16.9. The average Bonchev–Trinajstić information content (AvgIpc) is 3.24. The molecule has 31 heavy (non-hydrogen) atoms. The number of carbonyl (C=O) groups excluding carboxylic acids is 3. The molecule has 3 aromatic rings. The van der Waals surface area contributed by atoms with E-state index >= 15 is 0 Å². The Kier molecular flexibility index (Phi) is 6.08. The molecule has 1 aliphatic rings. The van der Waals surface area contributed by atoms with E-state index in [9.17, 15) is 14.4 Å². The lowest BCUT2D eigenvalue weighted by Crippen LogP contribution is -2.24. The van der Waals surface area contributed by atoms with Crippen LogP contribution in [0.15, 0.2) is 78.9 Å². The SMILES string of the molecule is O=C(COC(=O)c1cccc(N2CCCC2=O)c1)Nc1ccc(-c2ccccc2)cc1. The predicted octanol–water partition coefficient (Wildman–Crippen LogP) is 4.28. The second-order valence-electron chi connectivity index (χ2n) is 7.27. The molecule has 3 aromatic carbocycles. The standard InChI is InChI=1S/C25H22N2O4/c28-23(26-21-13-11-19(12-14-21)18-6-2-1-3-7-18)17-31-25(30)20-8-4-9-22(16-20)27-15-5-10-24(27)29/h1-4,6-9,11-14,16H,5,10,15,17H2,(H,26,28). The molecular formula is C25H22N2O4. The topological polar surface area (TPSA) is 75.7 Å². The molecule has 1 heterocycles. The van der Waals surface area contributed by atoms with Crippen LogP contribution >= 0.6 is 0 Å². The van der Waals surface area contributed by atoms with Crippen molar-refractivity contribution in [3.63, 3.8) is 0 Å². The molecule has 0 aromatic heterocycles. The van der Waals surface area contributed by atoms with E-state index in [0.717, 1.165) is 17.5 Å². The molecule has 4 rings (SSSR count). The predicted molar refractivity (Wildman–Crippen MR) is 119 cm³/mol. The van der Waals surface area contributed by atoms with Crippen molar-refractivity contribution in [2.24, 2.45) is 0 Å². The fourth-order valence-electron chi connectivity index (χ4n) is 3.51. The lowest BCUT2D eigenvalue weighted by atomic mass is 10.1. The van der Waals surface area contributed by atoms with Gasteiger partial charge in [0, 0.05) is 24.3 Å². The third-order valence-corrected chi connectivity index (χ3v) is 5.08. The van der Waals surface area contributed by atoms with E-state index < -0.39 is 18.5 Å². The lowest BCUT2D eigenvalue weighted by Gasteiger charge is -2.16. The number of nitrogens with zero attached hydrogens (tertiary/aromatic N) is 1. The van der Waals surface area contributed by atoms with E-state index in [1.165, 1.54) is 0 Å². The van der Waals surface area contributed by atoms with Crippen molar-refractivity contribution in [1.29, 1.82) is 0 Å². The Morgan fingerprint density at radius 3 is 2.35 bits per heavy atom. The number of carbonyl (C=O) groups is 3. The van der Waals surface area contributed by atoms with Crippen LogP contribution in [0.4, 0.5) is 11.4 Å². The molecule has 0 spiro atoms. The summed E-state index contributed by atoms with van der Waals surface area (Å²) in [6.07, 6.45) is 1.32. The van der Waals surface area contributed by atoms with Crippen molar-refractivity contribution in [3.8, 4) is 11.1 Å². The minimum atomic E-state index is -0.608. The molecule has 1 fully saturated rings. The summed E-state index contributed by atoms with van der Waals surface area (Å²) in [4.78, 5) is 38.1. The van der Waals surface area contributed by atoms with Crippen LogP contribution in [0, 0.1) is 0 Å². The normalized spacial score (nSPS) is 13.2. The number of rotatable bonds is 6. The van der Waals surface area contributed by atoms with Crippen LogP contribution in [0.1, 0.15) is 23.2 Å². The molecule has 2 amide bonds. The highest BCUT2D eigenvalue weighted by atomic mass is 16.5. The molecule has 0 atom stereocenters. The summed E-state index contributed by atoms with van der Waals surface area (Å²) in [5.41, 5.74) is 3.72. The summed E-state index contributed by atoms with van der Waals surface area (Å²) < 4.78 is 5.15. The number of anilines is 2. The van der Waals surface area contributed by atoms with Gasteiger partial charge in [0.2, 0.25) is 5.91 Å². The number of hydrogen-bond acceptors (Lipinski definition) is 4. The second kappa shape index (κ2) is 9.26. The maximum absolute atomic E-state index is 12.3. The highest BCUT2D eigenvalue weighted by molar-refractivity contribution is 5.98. The van der Waals surface area contributed by atoms with E-state index in [-0.39, 0.29) is 5.91 Å². The Bertz CT molecular complexity index is 1090. The van der Waals surface area contributed by atoms with Crippen LogP contribution in [-0.4, -0.2) is 30.9 Å². The van der Waals surface area contributed by atoms with Gasteiger partial charge in [-0.15, -0.1) is 0 Å². The van der Waals surface area contributed by atoms with E-state index in [4.69, 9.17) is 4.74 Å². The first-order valence-corrected chi connectivity index (χ1v) is 10.1. The zero-order chi connectivity index (χ0) is 21.6. The van der Waals surface area contributed by atoms with Crippen LogP contribution in [0.25, 0.3) is 11.1 Å². The highest BCUT2D eigenvalue weighted by Gasteiger charge is 2.22. The maximum Gasteiger partial charge on any atom is 0.338 e. The van der Waals surface area contributed by atoms with Crippen molar-refractivity contribution in [2.75, 3.05) is 23.4 Å². The number of hydrogen-bond donors (Lipinski definition) is 1. The summed E-state index contributed by atoms with van der Waals surface area (Å²) in [6.45, 7) is 0.245. The summed E-state index contributed by atoms with van der Waals surface area (Å²) in [5.74, 6) is -0.988. The van der Waals surface area contributed by atoms with E-state index in [1.54, 1.807) is 41.3 Å². The zero-order valence-corrected chi connectivity index (χ0v) is 16.9. The van der Waals surface area contributed by atoms with Gasteiger partial charge in [0.1, 0.15) is 0 Å². The van der Waals surface area contributed by atoms with E-state index in [0.29, 0.717) is 29.9 Å². The van der Waals surface area contributed by atoms with E-state index in [1.807, 2.05) is 42.5 Å². The lowest BCUT2D eigenvalue weighted by molar-refractivity contribution is -0.119. The van der Waals surface area contributed by atoms with Gasteiger partial charge in [-0.3, -0.25) is 9.59 Å². The fourth-order valence-corrected chi connectivity index (χ4v) is 3.51. The monoisotopic (exact) mass is 414 g/mol. The third kappa shape index (κ3) is 4.98. The van der Waals surface area contributed by atoms with Crippen LogP contribution in [0.3, 0.4) is 0 Å². The second-order valence-corrected chi connectivity index (χ2v) is 7.27. The molecule has 0 radical (unpaired) electrons. The largest absolute Gasteiger partial charge is 0.452 e. The van der Waals surface area contributed by atoms with Gasteiger partial charge in [-0.05, 0) is 47.9 Å². The van der Waals surface area contributed by atoms with Gasteiger partial charge >= 0.3 is 5.97 Å². The molecule has 0 aliphatic carbocycles. The quantitative estimate of drug-likeness (QED) is 0.611. The molecule has 6 nitrogen and oxygen atoms in total. The van der Waals surface area contributed by atoms with Gasteiger partial charge in [0.05, 0.1) is 5.56 Å². The first-order chi connectivity index (χ1) is 15.1. The molecule has 0 bridgehead atoms. The van der Waals surface area contributed by atoms with Crippen molar-refractivity contribution >= 4 is 29.2 Å². The third-order valence-electron chi connectivity index (χ3n) is 5.08. The van der Waals surface area contributed by atoms with Crippen molar-refractivity contribution < 1.29 is 19.1 Å². The number of nitrogens with one attached hydrogen (secondary N) is 1. The number of esters is 1. The van der Waals surface area contributed by atoms with Crippen molar-refractivity contribution in [3.05, 3.63) is 84.4 Å². The Labute approximate surface area is 180 Å². The number of ether oxygens (including phenoxy) is 1. The van der Waals surface area contributed by atoms with Crippen LogP contribution < -0.4 is 10.2 Å². The Morgan fingerprint density at radius 2 is 1.65 bits per heavy atom. The van der Waals surface area contributed by atoms with E-state index in [2.05, 4.69) is 5.32 Å². The van der Waals surface area contributed by atoms with Gasteiger partial charge in [-0.1, -0.05) is 48.5 Å². The Balaban J connectivity index is 1.31. The summed E-state index contributed by atoms with van der Waals surface area (Å²) in [5, 5.41) is 2.72. The average molecular weight is 414 g/mol. The molecule has 0 unspecified atom stereocenters. The summed E-state index contributed by atoms with van der Waals surface area (Å²) in [6, 6.07) is 24.1. The Morgan fingerprint density at radius 1 is 0.903 bits per heavy atom. The maximum atomic E-state index is 12.3. The minimum Gasteiger partial charge on any atom is -0.452 e. The van der Waals surface area contributed by atoms with Gasteiger partial charge in [0.25, 0.3) is 5.91 Å². The minimum absolute atomic E-state index is 0.0446. The Hall–Kier alpha value is -3.93. The van der Waals surface area contributed by atoms with Gasteiger partial charge < -0.3 is 15.0 Å². The molecule has 0 saturated carbocycles. The van der Waals surface area contributed by atoms with Gasteiger partial charge in [0.15, 0.2) is 6.61 Å². The summed E-state index contributed by atoms with van der Waals surface area (Å²) >= 11 is 0. The van der Waals surface area contributed by atoms with Crippen molar-refractivity contribution in [1.82, 2.24) is 0 Å². The first kappa shape index (κ1) is 20.3. The molecule has 1 saturated heterocycles. The summed E-state index contributed by atoms with van der Waals surface area (Å²) in [7, 11) is 0. The molecular weight excluding hydrogens is 392 g/mol. The van der Waals surface area contributed by atoms with Gasteiger partial charge in [-0.2, -0.15) is 0 Å². The fraction of sp³-hybridized carbons (Fsp3) is 0.160. The number of amides is 2. The first-order valence-electron chi connectivity index (χ1n) is 10.1. The smallest absolute Gasteiger partial charge is 0.338 e. The number of benzene rings is 3. The van der Waals surface area contributed by atoms with Gasteiger partial charge in [-0.25, -0.2) is 4.79 Å². The molecule has 6 heteroatoms. The molecule has 156 valence electrons. The molecule has 1 N–H and O–H groups in total. The van der Waals surface area contributed by atoms with Crippen LogP contribution in [0.2, 0.25) is 0 Å². The highest BCUT2D eigenvalue weighted by Crippen LogP contribution is 2.23. The van der Waals surface area contributed by atoms with Crippen LogP contribution in [-0.2, 0) is 14.3 Å². The van der Waals surface area contributed by atoms with Crippen molar-refractivity contribution in [2.45, 2.75) is 12.8 Å².